The van der Waals surface area contributed by atoms with Crippen LogP contribution in [-0.4, -0.2) is 21.2 Å². The Morgan fingerprint density at radius 2 is 1.59 bits per heavy atom. The van der Waals surface area contributed by atoms with Crippen LogP contribution in [0.25, 0.3) is 11.1 Å². The van der Waals surface area contributed by atoms with Gasteiger partial charge < -0.3 is 4.74 Å². The monoisotopic (exact) mass is 293 g/mol. The van der Waals surface area contributed by atoms with Crippen molar-refractivity contribution in [2.75, 3.05) is 0 Å². The Labute approximate surface area is 128 Å². The zero-order chi connectivity index (χ0) is 15.5. The lowest BCUT2D eigenvalue weighted by molar-refractivity contribution is 0.101. The molecule has 0 unspecified atom stereocenters. The molecular formula is C17H15N3O2. The molecule has 5 heteroatoms. The van der Waals surface area contributed by atoms with Crippen molar-refractivity contribution in [2.24, 2.45) is 0 Å². The van der Waals surface area contributed by atoms with E-state index in [0.717, 1.165) is 11.1 Å². The van der Waals surface area contributed by atoms with Crippen molar-refractivity contribution in [2.45, 2.75) is 13.8 Å². The quantitative estimate of drug-likeness (QED) is 0.743. The molecule has 0 saturated carbocycles. The summed E-state index contributed by atoms with van der Waals surface area (Å²) < 4.78 is 5.60. The van der Waals surface area contributed by atoms with Gasteiger partial charge in [0, 0.05) is 6.92 Å². The molecular weight excluding hydrogens is 278 g/mol. The molecule has 2 aromatic carbocycles. The van der Waals surface area contributed by atoms with Gasteiger partial charge in [-0.25, -0.2) is 0 Å². The third-order valence-electron chi connectivity index (χ3n) is 3.32. The third kappa shape index (κ3) is 2.88. The maximum absolute atomic E-state index is 11.4. The Morgan fingerprint density at radius 3 is 2.18 bits per heavy atom. The first-order valence-corrected chi connectivity index (χ1v) is 6.90. The highest BCUT2D eigenvalue weighted by molar-refractivity contribution is 5.94. The first-order chi connectivity index (χ1) is 10.6. The SMILES string of the molecule is CC(=O)c1[nH]nnc1Oc1ccc(-c2ccc(C)cc2)cc1. The number of H-pyrrole nitrogens is 1. The Balaban J connectivity index is 1.81. The lowest BCUT2D eigenvalue weighted by Gasteiger charge is -2.06. The Kier molecular flexibility index (Phi) is 3.70. The maximum atomic E-state index is 11.4. The van der Waals surface area contributed by atoms with Gasteiger partial charge in [-0.15, -0.1) is 0 Å². The van der Waals surface area contributed by atoms with Gasteiger partial charge in [0.25, 0.3) is 5.88 Å². The molecule has 0 saturated heterocycles. The van der Waals surface area contributed by atoms with Crippen LogP contribution in [0.5, 0.6) is 11.6 Å². The number of carbonyl (C=O) groups is 1. The van der Waals surface area contributed by atoms with E-state index in [1.165, 1.54) is 12.5 Å². The highest BCUT2D eigenvalue weighted by Crippen LogP contribution is 2.26. The normalized spacial score (nSPS) is 10.5. The van der Waals surface area contributed by atoms with Crippen molar-refractivity contribution in [3.63, 3.8) is 0 Å². The van der Waals surface area contributed by atoms with E-state index in [1.54, 1.807) is 0 Å². The highest BCUT2D eigenvalue weighted by atomic mass is 16.5. The van der Waals surface area contributed by atoms with E-state index in [2.05, 4.69) is 46.6 Å². The number of hydrogen-bond donors (Lipinski definition) is 1. The number of hydrogen-bond acceptors (Lipinski definition) is 4. The van der Waals surface area contributed by atoms with Gasteiger partial charge in [-0.2, -0.15) is 0 Å². The summed E-state index contributed by atoms with van der Waals surface area (Å²) in [5.41, 5.74) is 3.73. The summed E-state index contributed by atoms with van der Waals surface area (Å²) in [6, 6.07) is 15.9. The molecule has 1 heterocycles. The van der Waals surface area contributed by atoms with Gasteiger partial charge in [-0.1, -0.05) is 52.3 Å². The number of nitrogens with one attached hydrogen (secondary N) is 1. The number of aromatic amines is 1. The molecule has 5 nitrogen and oxygen atoms in total. The summed E-state index contributed by atoms with van der Waals surface area (Å²) in [5.74, 6) is 0.624. The number of nitrogens with zero attached hydrogens (tertiary/aromatic N) is 2. The fourth-order valence-corrected chi connectivity index (χ4v) is 2.09. The lowest BCUT2D eigenvalue weighted by atomic mass is 10.0. The molecule has 0 bridgehead atoms. The average Bonchev–Trinajstić information content (AvgIpc) is 2.97. The Hall–Kier alpha value is -2.95. The van der Waals surface area contributed by atoms with Crippen LogP contribution in [0.1, 0.15) is 23.0 Å². The zero-order valence-corrected chi connectivity index (χ0v) is 12.3. The number of rotatable bonds is 4. The smallest absolute Gasteiger partial charge is 0.269 e. The van der Waals surface area contributed by atoms with Crippen molar-refractivity contribution in [1.29, 1.82) is 0 Å². The van der Waals surface area contributed by atoms with Crippen LogP contribution >= 0.6 is 0 Å². The largest absolute Gasteiger partial charge is 0.436 e. The highest BCUT2D eigenvalue weighted by Gasteiger charge is 2.13. The fraction of sp³-hybridized carbons (Fsp3) is 0.118. The summed E-state index contributed by atoms with van der Waals surface area (Å²) in [7, 11) is 0. The second-order valence-electron chi connectivity index (χ2n) is 5.04. The van der Waals surface area contributed by atoms with Gasteiger partial charge in [0.15, 0.2) is 11.5 Å². The molecule has 0 aliphatic heterocycles. The molecule has 0 aliphatic rings. The van der Waals surface area contributed by atoms with Gasteiger partial charge in [0.05, 0.1) is 0 Å². The van der Waals surface area contributed by atoms with Gasteiger partial charge in [-0.05, 0) is 30.2 Å². The van der Waals surface area contributed by atoms with Gasteiger partial charge >= 0.3 is 0 Å². The molecule has 3 rings (SSSR count). The Morgan fingerprint density at radius 1 is 1.00 bits per heavy atom. The van der Waals surface area contributed by atoms with Crippen LogP contribution in [0.15, 0.2) is 48.5 Å². The molecule has 0 radical (unpaired) electrons. The molecule has 1 N–H and O–H groups in total. The van der Waals surface area contributed by atoms with E-state index in [0.29, 0.717) is 5.75 Å². The first-order valence-electron chi connectivity index (χ1n) is 6.90. The third-order valence-corrected chi connectivity index (χ3v) is 3.32. The van der Waals surface area contributed by atoms with Gasteiger partial charge in [-0.3, -0.25) is 9.89 Å². The average molecular weight is 293 g/mol. The number of Topliss-reactive ketones (excluding diaryl/α,β-unsaturated/α-hetero) is 1. The molecule has 1 aromatic heterocycles. The van der Waals surface area contributed by atoms with Crippen LogP contribution < -0.4 is 4.74 Å². The van der Waals surface area contributed by atoms with Gasteiger partial charge in [0.2, 0.25) is 0 Å². The van der Waals surface area contributed by atoms with Crippen molar-refractivity contribution < 1.29 is 9.53 Å². The maximum Gasteiger partial charge on any atom is 0.269 e. The zero-order valence-electron chi connectivity index (χ0n) is 12.3. The number of aryl methyl sites for hydroxylation is 1. The molecule has 3 aromatic rings. The molecule has 110 valence electrons. The number of ether oxygens (including phenoxy) is 1. The molecule has 0 spiro atoms. The van der Waals surface area contributed by atoms with E-state index in [1.807, 2.05) is 24.3 Å². The van der Waals surface area contributed by atoms with Crippen LogP contribution in [0.4, 0.5) is 0 Å². The predicted octanol–water partition coefficient (Wildman–Crippen LogP) is 3.78. The molecule has 0 fully saturated rings. The second kappa shape index (κ2) is 5.81. The minimum absolute atomic E-state index is 0.170. The van der Waals surface area contributed by atoms with Crippen molar-refractivity contribution >= 4 is 5.78 Å². The fourth-order valence-electron chi connectivity index (χ4n) is 2.09. The summed E-state index contributed by atoms with van der Waals surface area (Å²) in [6.07, 6.45) is 0. The number of ketones is 1. The predicted molar refractivity (Wildman–Crippen MR) is 83.1 cm³/mol. The number of carbonyl (C=O) groups excluding carboxylic acids is 1. The second-order valence-corrected chi connectivity index (χ2v) is 5.04. The molecule has 22 heavy (non-hydrogen) atoms. The molecule has 0 atom stereocenters. The molecule has 0 amide bonds. The van der Waals surface area contributed by atoms with Crippen LogP contribution in [0.2, 0.25) is 0 Å². The summed E-state index contributed by atoms with van der Waals surface area (Å²) in [4.78, 5) is 11.4. The number of benzene rings is 2. The van der Waals surface area contributed by atoms with Crippen LogP contribution in [0, 0.1) is 6.92 Å². The topological polar surface area (TPSA) is 67.9 Å². The van der Waals surface area contributed by atoms with E-state index < -0.39 is 0 Å². The van der Waals surface area contributed by atoms with E-state index >= 15 is 0 Å². The van der Waals surface area contributed by atoms with E-state index in [-0.39, 0.29) is 17.4 Å². The van der Waals surface area contributed by atoms with Crippen LogP contribution in [-0.2, 0) is 0 Å². The minimum Gasteiger partial charge on any atom is -0.436 e. The van der Waals surface area contributed by atoms with Crippen LogP contribution in [0.3, 0.4) is 0 Å². The first kappa shape index (κ1) is 14.0. The lowest BCUT2D eigenvalue weighted by Crippen LogP contribution is -1.96. The summed E-state index contributed by atoms with van der Waals surface area (Å²) in [5, 5.41) is 9.90. The number of aromatic nitrogens is 3. The standard InChI is InChI=1S/C17H15N3O2/c1-11-3-5-13(6-4-11)14-7-9-15(10-8-14)22-17-16(12(2)21)18-20-19-17/h3-10H,1-2H3,(H,18,19,20). The Bertz CT molecular complexity index is 790. The van der Waals surface area contributed by atoms with E-state index in [4.69, 9.17) is 4.74 Å². The van der Waals surface area contributed by atoms with Crippen molar-refractivity contribution in [1.82, 2.24) is 15.4 Å². The van der Waals surface area contributed by atoms with E-state index in [9.17, 15) is 4.79 Å². The van der Waals surface area contributed by atoms with Crippen molar-refractivity contribution in [3.05, 3.63) is 59.8 Å². The molecule has 0 aliphatic carbocycles. The minimum atomic E-state index is -0.170. The van der Waals surface area contributed by atoms with Gasteiger partial charge in [0.1, 0.15) is 5.75 Å². The summed E-state index contributed by atoms with van der Waals surface area (Å²) >= 11 is 0. The summed E-state index contributed by atoms with van der Waals surface area (Å²) in [6.45, 7) is 3.49. The van der Waals surface area contributed by atoms with Crippen molar-refractivity contribution in [3.8, 4) is 22.8 Å².